The van der Waals surface area contributed by atoms with Crippen molar-refractivity contribution in [1.82, 2.24) is 15.1 Å². The van der Waals surface area contributed by atoms with Crippen LogP contribution in [0.3, 0.4) is 0 Å². The molecule has 1 N–H and O–H groups in total. The van der Waals surface area contributed by atoms with Crippen molar-refractivity contribution in [2.24, 2.45) is 0 Å². The average Bonchev–Trinajstić information content (AvgIpc) is 3.52. The summed E-state index contributed by atoms with van der Waals surface area (Å²) in [7, 11) is 0. The molecular weight excluding hydrogens is 481 g/mol. The number of hydrogen-bond acceptors (Lipinski definition) is 7. The van der Waals surface area contributed by atoms with Gasteiger partial charge in [0.2, 0.25) is 11.8 Å². The van der Waals surface area contributed by atoms with Crippen LogP contribution in [0.25, 0.3) is 5.57 Å². The number of carbonyl (C=O) groups is 1. The largest absolute Gasteiger partial charge is 0.480 e. The van der Waals surface area contributed by atoms with Crippen LogP contribution in [-0.4, -0.2) is 30.9 Å². The number of nitrogens with zero attached hydrogens (tertiary/aromatic N) is 3. The molecule has 9 heteroatoms. The summed E-state index contributed by atoms with van der Waals surface area (Å²) in [6.45, 7) is 14.1. The zero-order chi connectivity index (χ0) is 26.7. The molecule has 0 bridgehead atoms. The van der Waals surface area contributed by atoms with Crippen molar-refractivity contribution in [2.45, 2.75) is 70.3 Å². The van der Waals surface area contributed by atoms with E-state index in [4.69, 9.17) is 8.83 Å². The maximum Gasteiger partial charge on any atom is 0.319 e. The maximum atomic E-state index is 11.4. The molecule has 36 heavy (non-hydrogen) atoms. The van der Waals surface area contributed by atoms with Crippen LogP contribution >= 0.6 is 11.8 Å². The van der Waals surface area contributed by atoms with Gasteiger partial charge in [-0.2, -0.15) is 0 Å². The number of furan rings is 1. The van der Waals surface area contributed by atoms with Gasteiger partial charge in [-0.05, 0) is 63.9 Å². The second-order valence-electron chi connectivity index (χ2n) is 8.62. The first-order chi connectivity index (χ1) is 17.0. The molecular formula is C27H34FN3O4S. The SMILES string of the molecule is C/C=C(\C)F.C=C(CC)c1nnc(CN(Cc2ccc(SC(C)(C)C(=O)O)cc2)Cc2ccco2)o1. The minimum Gasteiger partial charge on any atom is -0.480 e. The molecule has 2 aromatic heterocycles. The Hall–Kier alpha value is -3.17. The zero-order valence-corrected chi connectivity index (χ0v) is 22.3. The van der Waals surface area contributed by atoms with Crippen molar-refractivity contribution in [1.29, 1.82) is 0 Å². The van der Waals surface area contributed by atoms with Gasteiger partial charge < -0.3 is 13.9 Å². The Labute approximate surface area is 216 Å². The third-order valence-electron chi connectivity index (χ3n) is 5.13. The first-order valence-electron chi connectivity index (χ1n) is 11.6. The molecule has 0 aliphatic heterocycles. The molecule has 2 heterocycles. The lowest BCUT2D eigenvalue weighted by Gasteiger charge is -2.21. The van der Waals surface area contributed by atoms with Crippen LogP contribution < -0.4 is 0 Å². The molecule has 0 saturated heterocycles. The summed E-state index contributed by atoms with van der Waals surface area (Å²) < 4.78 is 21.7. The molecule has 1 aromatic carbocycles. The van der Waals surface area contributed by atoms with Gasteiger partial charge in [-0.25, -0.2) is 4.39 Å². The van der Waals surface area contributed by atoms with Crippen LogP contribution in [0.4, 0.5) is 4.39 Å². The Balaban J connectivity index is 0.000000830. The summed E-state index contributed by atoms with van der Waals surface area (Å²) >= 11 is 1.33. The number of aromatic nitrogens is 2. The molecule has 3 aromatic rings. The summed E-state index contributed by atoms with van der Waals surface area (Å²) in [5.74, 6) is 0.874. The number of benzene rings is 1. The van der Waals surface area contributed by atoms with E-state index in [2.05, 4.69) is 21.7 Å². The zero-order valence-electron chi connectivity index (χ0n) is 21.5. The van der Waals surface area contributed by atoms with Crippen molar-refractivity contribution in [3.8, 4) is 0 Å². The van der Waals surface area contributed by atoms with Gasteiger partial charge in [-0.1, -0.05) is 31.7 Å². The van der Waals surface area contributed by atoms with E-state index in [1.807, 2.05) is 43.3 Å². The van der Waals surface area contributed by atoms with Gasteiger partial charge in [0.1, 0.15) is 10.5 Å². The molecule has 0 aliphatic rings. The summed E-state index contributed by atoms with van der Waals surface area (Å²) in [6, 6.07) is 11.7. The van der Waals surface area contributed by atoms with E-state index in [0.717, 1.165) is 28.2 Å². The third-order valence-corrected chi connectivity index (χ3v) is 6.32. The molecule has 0 amide bonds. The standard InChI is InChI=1S/C23H27N3O4S.C4H7F/c1-5-16(2)21-25-24-20(30-21)15-26(14-18-7-6-12-29-18)13-17-8-10-19(11-9-17)31-23(3,4)22(27)28;1-3-4(2)5/h6-12H,2,5,13-15H2,1,3-4H3,(H,27,28);3H,1-2H3/b;4-3+. The first kappa shape index (κ1) is 29.1. The van der Waals surface area contributed by atoms with Crippen molar-refractivity contribution in [2.75, 3.05) is 0 Å². The summed E-state index contributed by atoms with van der Waals surface area (Å²) in [5.41, 5.74) is 1.90. The van der Waals surface area contributed by atoms with E-state index in [1.54, 1.807) is 27.0 Å². The molecule has 194 valence electrons. The predicted molar refractivity (Wildman–Crippen MR) is 140 cm³/mol. The molecule has 3 rings (SSSR count). The predicted octanol–water partition coefficient (Wildman–Crippen LogP) is 7.12. The Morgan fingerprint density at radius 1 is 1.19 bits per heavy atom. The van der Waals surface area contributed by atoms with Crippen LogP contribution in [-0.2, 0) is 24.4 Å². The number of halogens is 1. The van der Waals surface area contributed by atoms with Gasteiger partial charge in [0.05, 0.1) is 25.2 Å². The Morgan fingerprint density at radius 2 is 1.86 bits per heavy atom. The fourth-order valence-electron chi connectivity index (χ4n) is 2.85. The highest BCUT2D eigenvalue weighted by Gasteiger charge is 2.28. The summed E-state index contributed by atoms with van der Waals surface area (Å²) in [5, 5.41) is 17.6. The lowest BCUT2D eigenvalue weighted by atomic mass is 10.2. The Morgan fingerprint density at radius 3 is 2.39 bits per heavy atom. The molecule has 0 fully saturated rings. The second kappa shape index (κ2) is 13.8. The average molecular weight is 516 g/mol. The van der Waals surface area contributed by atoms with E-state index < -0.39 is 10.7 Å². The monoisotopic (exact) mass is 515 g/mol. The van der Waals surface area contributed by atoms with Gasteiger partial charge >= 0.3 is 5.97 Å². The maximum absolute atomic E-state index is 11.4. The number of hydrogen-bond donors (Lipinski definition) is 1. The van der Waals surface area contributed by atoms with Crippen LogP contribution in [0, 0.1) is 0 Å². The minimum atomic E-state index is -0.884. The topological polar surface area (TPSA) is 92.6 Å². The third kappa shape index (κ3) is 9.47. The van der Waals surface area contributed by atoms with Gasteiger partial charge in [0, 0.05) is 17.0 Å². The summed E-state index contributed by atoms with van der Waals surface area (Å²) in [6.07, 6.45) is 3.82. The smallest absolute Gasteiger partial charge is 0.319 e. The quantitative estimate of drug-likeness (QED) is 0.270. The Bertz CT molecular complexity index is 1130. The molecule has 0 spiro atoms. The van der Waals surface area contributed by atoms with Gasteiger partial charge in [0.25, 0.3) is 0 Å². The minimum absolute atomic E-state index is 0.120. The van der Waals surface area contributed by atoms with Gasteiger partial charge in [0.15, 0.2) is 0 Å². The van der Waals surface area contributed by atoms with Crippen molar-refractivity contribution in [3.05, 3.63) is 84.2 Å². The van der Waals surface area contributed by atoms with E-state index >= 15 is 0 Å². The molecule has 0 saturated carbocycles. The number of rotatable bonds is 11. The number of carboxylic acids is 1. The Kier molecular flexibility index (Phi) is 11.1. The molecule has 0 aliphatic carbocycles. The normalized spacial score (nSPS) is 11.8. The number of aliphatic carboxylic acids is 1. The highest BCUT2D eigenvalue weighted by molar-refractivity contribution is 8.01. The molecule has 0 radical (unpaired) electrons. The van der Waals surface area contributed by atoms with Crippen LogP contribution in [0.15, 0.2) is 74.9 Å². The van der Waals surface area contributed by atoms with E-state index in [1.165, 1.54) is 24.8 Å². The highest BCUT2D eigenvalue weighted by atomic mass is 32.2. The molecule has 0 atom stereocenters. The van der Waals surface area contributed by atoms with Gasteiger partial charge in [-0.3, -0.25) is 9.69 Å². The van der Waals surface area contributed by atoms with Crippen LogP contribution in [0.1, 0.15) is 64.1 Å². The van der Waals surface area contributed by atoms with E-state index in [0.29, 0.717) is 31.4 Å². The highest BCUT2D eigenvalue weighted by Crippen LogP contribution is 2.32. The number of carboxylic acid groups (broad SMARTS) is 1. The molecule has 0 unspecified atom stereocenters. The lowest BCUT2D eigenvalue weighted by molar-refractivity contribution is -0.138. The summed E-state index contributed by atoms with van der Waals surface area (Å²) in [4.78, 5) is 14.4. The fraction of sp³-hybridized carbons (Fsp3) is 0.370. The number of allylic oxidation sites excluding steroid dienone is 3. The van der Waals surface area contributed by atoms with Crippen molar-refractivity contribution in [3.63, 3.8) is 0 Å². The first-order valence-corrected chi connectivity index (χ1v) is 12.4. The fourth-order valence-corrected chi connectivity index (χ4v) is 3.80. The number of thioether (sulfide) groups is 1. The van der Waals surface area contributed by atoms with Crippen LogP contribution in [0.2, 0.25) is 0 Å². The van der Waals surface area contributed by atoms with E-state index in [-0.39, 0.29) is 5.83 Å². The van der Waals surface area contributed by atoms with Gasteiger partial charge in [-0.15, -0.1) is 22.0 Å². The van der Waals surface area contributed by atoms with E-state index in [9.17, 15) is 14.3 Å². The second-order valence-corrected chi connectivity index (χ2v) is 10.3. The lowest BCUT2D eigenvalue weighted by Crippen LogP contribution is -2.26. The molecule has 7 nitrogen and oxygen atoms in total. The van der Waals surface area contributed by atoms with Crippen molar-refractivity contribution < 1.29 is 23.1 Å². The van der Waals surface area contributed by atoms with Crippen molar-refractivity contribution >= 4 is 23.3 Å². The van der Waals surface area contributed by atoms with Crippen LogP contribution in [0.5, 0.6) is 0 Å².